The van der Waals surface area contributed by atoms with Crippen LogP contribution in [0.4, 0.5) is 4.79 Å². The molecule has 0 unspecified atom stereocenters. The topological polar surface area (TPSA) is 121 Å². The summed E-state index contributed by atoms with van der Waals surface area (Å²) >= 11 is 0. The molecule has 1 aromatic rings. The number of H-pyrrole nitrogens is 1. The molecule has 0 spiro atoms. The number of carbonyl (C=O) groups is 3. The molecule has 1 aromatic heterocycles. The maximum atomic E-state index is 12.6. The number of nitrogens with one attached hydrogen (secondary N) is 3. The lowest BCUT2D eigenvalue weighted by atomic mass is 9.76. The number of hydrogen-bond donors (Lipinski definition) is 3. The minimum absolute atomic E-state index is 0.0436. The molecule has 26 heavy (non-hydrogen) atoms. The van der Waals surface area contributed by atoms with Crippen molar-refractivity contribution in [3.8, 4) is 5.75 Å². The normalized spacial score (nSPS) is 23.5. The Balaban J connectivity index is 1.69. The van der Waals surface area contributed by atoms with Crippen molar-refractivity contribution in [1.29, 1.82) is 0 Å². The Morgan fingerprint density at radius 1 is 1.31 bits per heavy atom. The summed E-state index contributed by atoms with van der Waals surface area (Å²) in [6.07, 6.45) is 3.04. The van der Waals surface area contributed by atoms with Crippen LogP contribution in [0, 0.1) is 5.92 Å². The summed E-state index contributed by atoms with van der Waals surface area (Å²) in [5, 5.41) is 5.08. The van der Waals surface area contributed by atoms with Gasteiger partial charge in [0.15, 0.2) is 5.75 Å². The van der Waals surface area contributed by atoms with Crippen molar-refractivity contribution in [2.24, 2.45) is 5.92 Å². The van der Waals surface area contributed by atoms with Gasteiger partial charge in [-0.2, -0.15) is 0 Å². The average Bonchev–Trinajstić information content (AvgIpc) is 2.95. The molecule has 3 N–H and O–H groups in total. The van der Waals surface area contributed by atoms with Crippen molar-refractivity contribution in [2.45, 2.75) is 31.7 Å². The molecule has 140 valence electrons. The monoisotopic (exact) mass is 362 g/mol. The van der Waals surface area contributed by atoms with Gasteiger partial charge in [0.25, 0.3) is 11.8 Å². The lowest BCUT2D eigenvalue weighted by Crippen LogP contribution is -2.56. The number of methoxy groups -OCH3 is 1. The van der Waals surface area contributed by atoms with Gasteiger partial charge in [0.1, 0.15) is 11.2 Å². The third-order valence-corrected chi connectivity index (χ3v) is 5.33. The van der Waals surface area contributed by atoms with Crippen molar-refractivity contribution >= 4 is 17.8 Å². The number of imide groups is 1. The number of ether oxygens (including phenoxy) is 1. The van der Waals surface area contributed by atoms with Crippen molar-refractivity contribution in [2.75, 3.05) is 20.2 Å². The molecule has 0 saturated carbocycles. The van der Waals surface area contributed by atoms with Crippen LogP contribution in [0.25, 0.3) is 0 Å². The second-order valence-corrected chi connectivity index (χ2v) is 6.58. The summed E-state index contributed by atoms with van der Waals surface area (Å²) in [5.74, 6) is -0.464. The highest BCUT2D eigenvalue weighted by Crippen LogP contribution is 2.33. The van der Waals surface area contributed by atoms with Crippen molar-refractivity contribution in [1.82, 2.24) is 20.5 Å². The molecule has 0 bridgehead atoms. The fourth-order valence-electron chi connectivity index (χ4n) is 3.82. The standard InChI is InChI=1S/C17H22N4O5/c1-3-17(15(24)19-16(25)20-17)10-4-6-21(7-5-10)14(23)11-8-12(22)13(26-2)9-18-11/h8-10H,3-7H2,1-2H3,(H,18,22)(H2,19,20,24,25)/t17-/m1/s1. The zero-order chi connectivity index (χ0) is 18.9. The molecule has 2 aliphatic rings. The van der Waals surface area contributed by atoms with Gasteiger partial charge >= 0.3 is 6.03 Å². The van der Waals surface area contributed by atoms with Crippen LogP contribution in [0.5, 0.6) is 5.75 Å². The van der Waals surface area contributed by atoms with E-state index in [1.54, 1.807) is 4.90 Å². The number of carbonyl (C=O) groups excluding carboxylic acids is 3. The van der Waals surface area contributed by atoms with Crippen LogP contribution in [0.3, 0.4) is 0 Å². The number of nitrogens with zero attached hydrogens (tertiary/aromatic N) is 1. The average molecular weight is 362 g/mol. The first-order valence-electron chi connectivity index (χ1n) is 8.61. The van der Waals surface area contributed by atoms with Gasteiger partial charge in [0.2, 0.25) is 5.43 Å². The largest absolute Gasteiger partial charge is 0.491 e. The van der Waals surface area contributed by atoms with Gasteiger partial charge in [-0.05, 0) is 25.2 Å². The minimum Gasteiger partial charge on any atom is -0.491 e. The molecule has 0 aromatic carbocycles. The minimum atomic E-state index is -0.902. The zero-order valence-electron chi connectivity index (χ0n) is 14.8. The van der Waals surface area contributed by atoms with Crippen LogP contribution in [0.1, 0.15) is 36.7 Å². The van der Waals surface area contributed by atoms with E-state index < -0.39 is 11.6 Å². The summed E-state index contributed by atoms with van der Waals surface area (Å²) in [6.45, 7) is 2.76. The number of pyridine rings is 1. The second-order valence-electron chi connectivity index (χ2n) is 6.58. The Bertz CT molecular complexity index is 797. The smallest absolute Gasteiger partial charge is 0.322 e. The Hall–Kier alpha value is -2.84. The molecule has 1 atom stereocenters. The number of urea groups is 1. The van der Waals surface area contributed by atoms with Crippen molar-refractivity contribution in [3.05, 3.63) is 28.2 Å². The third kappa shape index (κ3) is 2.93. The first-order valence-corrected chi connectivity index (χ1v) is 8.61. The summed E-state index contributed by atoms with van der Waals surface area (Å²) in [5.41, 5.74) is -1.06. The van der Waals surface area contributed by atoms with E-state index in [0.29, 0.717) is 32.4 Å². The van der Waals surface area contributed by atoms with Crippen LogP contribution >= 0.6 is 0 Å². The first kappa shape index (κ1) is 18.0. The fourth-order valence-corrected chi connectivity index (χ4v) is 3.82. The van der Waals surface area contributed by atoms with E-state index in [9.17, 15) is 19.2 Å². The maximum Gasteiger partial charge on any atom is 0.322 e. The number of piperidine rings is 1. The summed E-state index contributed by atoms with van der Waals surface area (Å²) in [7, 11) is 1.39. The summed E-state index contributed by atoms with van der Waals surface area (Å²) in [4.78, 5) is 52.7. The fraction of sp³-hybridized carbons (Fsp3) is 0.529. The molecule has 2 aliphatic heterocycles. The lowest BCUT2D eigenvalue weighted by Gasteiger charge is -2.40. The number of rotatable bonds is 4. The van der Waals surface area contributed by atoms with Gasteiger partial charge in [-0.1, -0.05) is 6.92 Å². The van der Waals surface area contributed by atoms with E-state index in [4.69, 9.17) is 4.74 Å². The Morgan fingerprint density at radius 2 is 2.00 bits per heavy atom. The highest BCUT2D eigenvalue weighted by molar-refractivity contribution is 6.07. The summed E-state index contributed by atoms with van der Waals surface area (Å²) < 4.78 is 4.90. The Kier molecular flexibility index (Phi) is 4.71. The van der Waals surface area contributed by atoms with E-state index in [1.165, 1.54) is 19.4 Å². The third-order valence-electron chi connectivity index (χ3n) is 5.33. The molecule has 2 fully saturated rings. The van der Waals surface area contributed by atoms with E-state index >= 15 is 0 Å². The van der Waals surface area contributed by atoms with Gasteiger partial charge < -0.3 is 19.9 Å². The second kappa shape index (κ2) is 6.81. The van der Waals surface area contributed by atoms with Crippen LogP contribution in [0.15, 0.2) is 17.1 Å². The quantitative estimate of drug-likeness (QED) is 0.662. The zero-order valence-corrected chi connectivity index (χ0v) is 14.8. The number of hydrogen-bond acceptors (Lipinski definition) is 5. The van der Waals surface area contributed by atoms with Gasteiger partial charge in [-0.25, -0.2) is 4.79 Å². The first-order chi connectivity index (χ1) is 12.4. The van der Waals surface area contributed by atoms with Gasteiger partial charge in [0.05, 0.1) is 7.11 Å². The van der Waals surface area contributed by atoms with Crippen LogP contribution in [0.2, 0.25) is 0 Å². The predicted molar refractivity (Wildman–Crippen MR) is 91.9 cm³/mol. The van der Waals surface area contributed by atoms with Crippen molar-refractivity contribution < 1.29 is 19.1 Å². The van der Waals surface area contributed by atoms with Crippen LogP contribution < -0.4 is 20.8 Å². The molecule has 3 rings (SSSR count). The molecule has 9 heteroatoms. The van der Waals surface area contributed by atoms with Crippen LogP contribution in [-0.4, -0.2) is 53.5 Å². The molecule has 0 radical (unpaired) electrons. The Morgan fingerprint density at radius 3 is 2.50 bits per heavy atom. The molecule has 9 nitrogen and oxygen atoms in total. The maximum absolute atomic E-state index is 12.6. The number of likely N-dealkylation sites (tertiary alicyclic amines) is 1. The highest BCUT2D eigenvalue weighted by atomic mass is 16.5. The number of aromatic nitrogens is 1. The van der Waals surface area contributed by atoms with E-state index in [0.717, 1.165) is 0 Å². The Labute approximate surface area is 150 Å². The predicted octanol–water partition coefficient (Wildman–Crippen LogP) is 0.224. The van der Waals surface area contributed by atoms with E-state index in [2.05, 4.69) is 15.6 Å². The van der Waals surface area contributed by atoms with Gasteiger partial charge in [-0.15, -0.1) is 0 Å². The lowest BCUT2D eigenvalue weighted by molar-refractivity contribution is -0.126. The molecular formula is C17H22N4O5. The number of amides is 4. The summed E-state index contributed by atoms with van der Waals surface area (Å²) in [6, 6.07) is 0.761. The van der Waals surface area contributed by atoms with Gasteiger partial charge in [-0.3, -0.25) is 19.7 Å². The highest BCUT2D eigenvalue weighted by Gasteiger charge is 2.51. The SMILES string of the molecule is CC[C@]1(C2CCN(C(=O)c3cc(=O)c(OC)c[nH]3)CC2)NC(=O)NC1=O. The molecule has 2 saturated heterocycles. The van der Waals surface area contributed by atoms with Crippen LogP contribution in [-0.2, 0) is 4.79 Å². The molecule has 4 amide bonds. The molecule has 0 aliphatic carbocycles. The van der Waals surface area contributed by atoms with Gasteiger partial charge in [0, 0.05) is 25.4 Å². The molecular weight excluding hydrogens is 340 g/mol. The number of aromatic amines is 1. The van der Waals surface area contributed by atoms with E-state index in [1.807, 2.05) is 6.92 Å². The van der Waals surface area contributed by atoms with Crippen molar-refractivity contribution in [3.63, 3.8) is 0 Å². The van der Waals surface area contributed by atoms with E-state index in [-0.39, 0.29) is 34.6 Å². The molecule has 3 heterocycles.